The number of anilines is 1. The van der Waals surface area contributed by atoms with E-state index in [1.807, 2.05) is 6.92 Å². The van der Waals surface area contributed by atoms with E-state index in [9.17, 15) is 23.1 Å². The van der Waals surface area contributed by atoms with E-state index in [4.69, 9.17) is 4.74 Å². The number of nitrogens with one attached hydrogen (secondary N) is 2. The minimum absolute atomic E-state index is 0.0929. The summed E-state index contributed by atoms with van der Waals surface area (Å²) in [5.74, 6) is -0.632. The Labute approximate surface area is 189 Å². The standard InChI is InChI=1S/C24H20N2O6S/c1-2-32-20-11-7-6-10-18(20)25-23(28)15-12-13-17-19(14-15)26-24(29)22(21(17)27)33(30,31)16-8-4-3-5-9-16/h3-14H,2H2,1H3,(H,25,28)(H2,26,27,29). The fourth-order valence-electron chi connectivity index (χ4n) is 3.42. The van der Waals surface area contributed by atoms with Gasteiger partial charge in [0.1, 0.15) is 11.5 Å². The lowest BCUT2D eigenvalue weighted by atomic mass is 10.1. The predicted octanol–water partition coefficient (Wildman–Crippen LogP) is 3.72. The number of aromatic amines is 1. The molecule has 33 heavy (non-hydrogen) atoms. The van der Waals surface area contributed by atoms with Gasteiger partial charge in [0.2, 0.25) is 9.84 Å². The summed E-state index contributed by atoms with van der Waals surface area (Å²) in [5, 5.41) is 13.5. The van der Waals surface area contributed by atoms with E-state index in [0.717, 1.165) is 0 Å². The van der Waals surface area contributed by atoms with E-state index in [2.05, 4.69) is 10.3 Å². The summed E-state index contributed by atoms with van der Waals surface area (Å²) in [4.78, 5) is 27.0. The van der Waals surface area contributed by atoms with Gasteiger partial charge in [-0.05, 0) is 49.4 Å². The van der Waals surface area contributed by atoms with Gasteiger partial charge in [-0.3, -0.25) is 9.59 Å². The first-order valence-electron chi connectivity index (χ1n) is 10.0. The van der Waals surface area contributed by atoms with Crippen LogP contribution >= 0.6 is 0 Å². The van der Waals surface area contributed by atoms with Crippen LogP contribution in [-0.4, -0.2) is 31.0 Å². The van der Waals surface area contributed by atoms with Crippen molar-refractivity contribution in [3.63, 3.8) is 0 Å². The van der Waals surface area contributed by atoms with Gasteiger partial charge in [-0.1, -0.05) is 30.3 Å². The first kappa shape index (κ1) is 22.1. The summed E-state index contributed by atoms with van der Waals surface area (Å²) >= 11 is 0. The molecule has 0 spiro atoms. The monoisotopic (exact) mass is 464 g/mol. The fourth-order valence-corrected chi connectivity index (χ4v) is 4.83. The molecule has 1 heterocycles. The van der Waals surface area contributed by atoms with Gasteiger partial charge in [-0.25, -0.2) is 8.42 Å². The molecule has 1 amide bonds. The van der Waals surface area contributed by atoms with Crippen molar-refractivity contribution >= 4 is 32.3 Å². The smallest absolute Gasteiger partial charge is 0.271 e. The van der Waals surface area contributed by atoms with E-state index in [0.29, 0.717) is 18.0 Å². The van der Waals surface area contributed by atoms with Gasteiger partial charge in [-0.15, -0.1) is 0 Å². The number of rotatable bonds is 6. The molecule has 0 saturated carbocycles. The highest BCUT2D eigenvalue weighted by Crippen LogP contribution is 2.32. The number of carbonyl (C=O) groups excluding carboxylic acids is 1. The summed E-state index contributed by atoms with van der Waals surface area (Å²) in [5.41, 5.74) is -0.189. The predicted molar refractivity (Wildman–Crippen MR) is 124 cm³/mol. The molecule has 8 nitrogen and oxygen atoms in total. The molecule has 3 aromatic carbocycles. The van der Waals surface area contributed by atoms with Gasteiger partial charge < -0.3 is 20.1 Å². The summed E-state index contributed by atoms with van der Waals surface area (Å²) in [7, 11) is -4.26. The summed E-state index contributed by atoms with van der Waals surface area (Å²) < 4.78 is 31.4. The highest BCUT2D eigenvalue weighted by molar-refractivity contribution is 7.91. The molecule has 0 bridgehead atoms. The van der Waals surface area contributed by atoms with Gasteiger partial charge in [0, 0.05) is 10.9 Å². The Balaban J connectivity index is 1.74. The highest BCUT2D eigenvalue weighted by Gasteiger charge is 2.27. The Morgan fingerprint density at radius 1 is 1.03 bits per heavy atom. The van der Waals surface area contributed by atoms with Crippen LogP contribution in [0.3, 0.4) is 0 Å². The first-order valence-corrected chi connectivity index (χ1v) is 11.5. The van der Waals surface area contributed by atoms with Crippen LogP contribution in [0.15, 0.2) is 87.4 Å². The van der Waals surface area contributed by atoms with E-state index >= 15 is 0 Å². The molecule has 4 rings (SSSR count). The van der Waals surface area contributed by atoms with Crippen molar-refractivity contribution in [2.45, 2.75) is 16.7 Å². The molecule has 1 aromatic heterocycles. The van der Waals surface area contributed by atoms with E-state index in [-0.39, 0.29) is 21.4 Å². The van der Waals surface area contributed by atoms with Crippen LogP contribution in [0, 0.1) is 0 Å². The van der Waals surface area contributed by atoms with E-state index in [1.165, 1.54) is 42.5 Å². The Morgan fingerprint density at radius 3 is 2.45 bits per heavy atom. The SMILES string of the molecule is CCOc1ccccc1NC(=O)c1ccc2c(O)c(S(=O)(=O)c3ccccc3)c(=O)[nH]c2c1. The number of hydrogen-bond acceptors (Lipinski definition) is 6. The number of hydrogen-bond donors (Lipinski definition) is 3. The second-order valence-electron chi connectivity index (χ2n) is 7.09. The summed E-state index contributed by atoms with van der Waals surface area (Å²) in [6, 6.07) is 18.5. The molecule has 0 atom stereocenters. The van der Waals surface area contributed by atoms with Crippen LogP contribution in [0.5, 0.6) is 11.5 Å². The van der Waals surface area contributed by atoms with Crippen LogP contribution < -0.4 is 15.6 Å². The third kappa shape index (κ3) is 4.18. The van der Waals surface area contributed by atoms with Crippen molar-refractivity contribution in [1.29, 1.82) is 0 Å². The molecule has 0 fully saturated rings. The fraction of sp³-hybridized carbons (Fsp3) is 0.0833. The largest absolute Gasteiger partial charge is 0.506 e. The first-order chi connectivity index (χ1) is 15.8. The lowest BCUT2D eigenvalue weighted by molar-refractivity contribution is 0.102. The lowest BCUT2D eigenvalue weighted by Gasteiger charge is -2.12. The summed E-state index contributed by atoms with van der Waals surface area (Å²) in [6.07, 6.45) is 0. The quantitative estimate of drug-likeness (QED) is 0.399. The molecule has 168 valence electrons. The van der Waals surface area contributed by atoms with E-state index < -0.39 is 31.9 Å². The van der Waals surface area contributed by atoms with Crippen LogP contribution in [0.1, 0.15) is 17.3 Å². The number of para-hydroxylation sites is 2. The zero-order valence-electron chi connectivity index (χ0n) is 17.5. The van der Waals surface area contributed by atoms with Crippen LogP contribution in [0.2, 0.25) is 0 Å². The Bertz CT molecular complexity index is 1510. The maximum absolute atomic E-state index is 12.9. The Kier molecular flexibility index (Phi) is 5.89. The van der Waals surface area contributed by atoms with Gasteiger partial charge >= 0.3 is 0 Å². The van der Waals surface area contributed by atoms with Crippen LogP contribution in [0.4, 0.5) is 5.69 Å². The number of fused-ring (bicyclic) bond motifs is 1. The molecule has 0 aliphatic heterocycles. The number of pyridine rings is 1. The molecule has 0 aliphatic carbocycles. The zero-order chi connectivity index (χ0) is 23.6. The molecule has 9 heteroatoms. The van der Waals surface area contributed by atoms with E-state index in [1.54, 1.807) is 30.3 Å². The molecular formula is C24H20N2O6S. The molecular weight excluding hydrogens is 444 g/mol. The Morgan fingerprint density at radius 2 is 1.73 bits per heavy atom. The second-order valence-corrected chi connectivity index (χ2v) is 8.98. The minimum Gasteiger partial charge on any atom is -0.506 e. The number of carbonyl (C=O) groups is 1. The normalized spacial score (nSPS) is 11.3. The van der Waals surface area contributed by atoms with Crippen molar-refractivity contribution in [2.75, 3.05) is 11.9 Å². The number of aromatic hydroxyl groups is 1. The topological polar surface area (TPSA) is 126 Å². The maximum atomic E-state index is 12.9. The zero-order valence-corrected chi connectivity index (χ0v) is 18.3. The van der Waals surface area contributed by atoms with Gasteiger partial charge in [0.05, 0.1) is 22.7 Å². The third-order valence-electron chi connectivity index (χ3n) is 4.96. The van der Waals surface area contributed by atoms with Crippen molar-refractivity contribution in [3.05, 3.63) is 88.7 Å². The molecule has 0 saturated heterocycles. The van der Waals surface area contributed by atoms with Crippen LogP contribution in [-0.2, 0) is 9.84 Å². The number of aromatic nitrogens is 1. The third-order valence-corrected chi connectivity index (χ3v) is 6.77. The Hall–Kier alpha value is -4.11. The summed E-state index contributed by atoms with van der Waals surface area (Å²) in [6.45, 7) is 2.26. The number of benzene rings is 3. The van der Waals surface area contributed by atoms with Crippen molar-refractivity contribution < 1.29 is 23.1 Å². The lowest BCUT2D eigenvalue weighted by Crippen LogP contribution is -2.19. The molecule has 3 N–H and O–H groups in total. The number of ether oxygens (including phenoxy) is 1. The number of sulfone groups is 1. The molecule has 0 aliphatic rings. The van der Waals surface area contributed by atoms with Gasteiger partial charge in [0.25, 0.3) is 11.5 Å². The second kappa shape index (κ2) is 8.79. The van der Waals surface area contributed by atoms with Gasteiger partial charge in [0.15, 0.2) is 4.90 Å². The van der Waals surface area contributed by atoms with Crippen molar-refractivity contribution in [2.24, 2.45) is 0 Å². The minimum atomic E-state index is -4.26. The van der Waals surface area contributed by atoms with Crippen molar-refractivity contribution in [3.8, 4) is 11.5 Å². The number of amides is 1. The molecule has 0 radical (unpaired) electrons. The average molecular weight is 464 g/mol. The highest BCUT2D eigenvalue weighted by atomic mass is 32.2. The van der Waals surface area contributed by atoms with Crippen LogP contribution in [0.25, 0.3) is 10.9 Å². The van der Waals surface area contributed by atoms with Gasteiger partial charge in [-0.2, -0.15) is 0 Å². The maximum Gasteiger partial charge on any atom is 0.271 e. The van der Waals surface area contributed by atoms with Crippen molar-refractivity contribution in [1.82, 2.24) is 4.98 Å². The molecule has 0 unspecified atom stereocenters. The average Bonchev–Trinajstić information content (AvgIpc) is 2.80. The molecule has 4 aromatic rings. The number of H-pyrrole nitrogens is 1.